The molecule has 2 rings (SSSR count). The summed E-state index contributed by atoms with van der Waals surface area (Å²) in [5.74, 6) is 0.343. The van der Waals surface area contributed by atoms with Gasteiger partial charge in [0.25, 0.3) is 0 Å². The molecule has 1 heterocycles. The highest BCUT2D eigenvalue weighted by molar-refractivity contribution is 6.30. The Balaban J connectivity index is 2.55. The van der Waals surface area contributed by atoms with Gasteiger partial charge in [-0.05, 0) is 70.6 Å². The van der Waals surface area contributed by atoms with E-state index in [9.17, 15) is 4.79 Å². The van der Waals surface area contributed by atoms with Gasteiger partial charge >= 0.3 is 5.97 Å². The smallest absolute Gasteiger partial charge is 0.345 e. The third kappa shape index (κ3) is 5.84. The second-order valence-electron chi connectivity index (χ2n) is 7.47. The highest BCUT2D eigenvalue weighted by atomic mass is 35.5. The number of nitrogens with zero attached hydrogens (tertiary/aromatic N) is 2. The monoisotopic (exact) mass is 419 g/mol. The Bertz CT molecular complexity index is 861. The molecule has 0 spiro atoms. The Hall–Kier alpha value is -2.31. The Kier molecular flexibility index (Phi) is 7.88. The molecule has 1 aromatic heterocycles. The molecule has 1 unspecified atom stereocenters. The van der Waals surface area contributed by atoms with Crippen LogP contribution in [0.2, 0.25) is 5.02 Å². The molecule has 1 atom stereocenters. The average Bonchev–Trinajstić information content (AvgIpc) is 2.62. The number of nitrogens with one attached hydrogen (secondary N) is 1. The molecule has 7 heteroatoms. The number of esters is 1. The molecule has 0 saturated heterocycles. The molecule has 0 aliphatic heterocycles. The first-order valence-corrected chi connectivity index (χ1v) is 9.99. The highest BCUT2D eigenvalue weighted by Crippen LogP contribution is 2.35. The van der Waals surface area contributed by atoms with Crippen LogP contribution in [0.25, 0.3) is 0 Å². The summed E-state index contributed by atoms with van der Waals surface area (Å²) in [6.45, 7) is 8.61. The van der Waals surface area contributed by atoms with Crippen molar-refractivity contribution in [1.82, 2.24) is 9.88 Å². The minimum absolute atomic E-state index is 0.155. The van der Waals surface area contributed by atoms with Crippen LogP contribution in [0.1, 0.15) is 40.5 Å². The van der Waals surface area contributed by atoms with Gasteiger partial charge in [0, 0.05) is 23.3 Å². The molecule has 158 valence electrons. The van der Waals surface area contributed by atoms with Gasteiger partial charge in [0.1, 0.15) is 11.3 Å². The van der Waals surface area contributed by atoms with E-state index in [0.29, 0.717) is 16.5 Å². The van der Waals surface area contributed by atoms with E-state index in [-0.39, 0.29) is 17.5 Å². The van der Waals surface area contributed by atoms with Crippen molar-refractivity contribution in [3.05, 3.63) is 45.6 Å². The van der Waals surface area contributed by atoms with E-state index in [1.54, 1.807) is 0 Å². The number of likely N-dealkylation sites (N-methyl/N-ethyl adjacent to an activating group) is 1. The summed E-state index contributed by atoms with van der Waals surface area (Å²) in [5, 5.41) is 4.10. The number of carbonyl (C=O) groups excluding carboxylic acids is 1. The van der Waals surface area contributed by atoms with E-state index in [4.69, 9.17) is 21.1 Å². The molecule has 0 aliphatic carbocycles. The summed E-state index contributed by atoms with van der Waals surface area (Å²) < 4.78 is 11.2. The lowest BCUT2D eigenvalue weighted by Gasteiger charge is -2.24. The van der Waals surface area contributed by atoms with Crippen molar-refractivity contribution in [2.24, 2.45) is 0 Å². The maximum atomic E-state index is 12.7. The van der Waals surface area contributed by atoms with Gasteiger partial charge < -0.3 is 19.7 Å². The van der Waals surface area contributed by atoms with Crippen molar-refractivity contribution in [3.8, 4) is 11.6 Å². The predicted octanol–water partition coefficient (Wildman–Crippen LogP) is 4.99. The zero-order chi connectivity index (χ0) is 21.7. The van der Waals surface area contributed by atoms with Gasteiger partial charge in [-0.3, -0.25) is 0 Å². The Morgan fingerprint density at radius 1 is 1.21 bits per heavy atom. The van der Waals surface area contributed by atoms with E-state index < -0.39 is 5.97 Å². The minimum atomic E-state index is -0.501. The van der Waals surface area contributed by atoms with Crippen molar-refractivity contribution in [2.45, 2.75) is 40.2 Å². The number of hydrogen-bond donors (Lipinski definition) is 1. The summed E-state index contributed by atoms with van der Waals surface area (Å²) in [6, 6.07) is 5.64. The van der Waals surface area contributed by atoms with Crippen molar-refractivity contribution in [1.29, 1.82) is 0 Å². The zero-order valence-corrected chi connectivity index (χ0v) is 19.0. The quantitative estimate of drug-likeness (QED) is 0.608. The first-order chi connectivity index (χ1) is 13.7. The van der Waals surface area contributed by atoms with Gasteiger partial charge in [0.2, 0.25) is 5.88 Å². The van der Waals surface area contributed by atoms with E-state index in [0.717, 1.165) is 29.8 Å². The Morgan fingerprint density at radius 3 is 2.34 bits per heavy atom. The van der Waals surface area contributed by atoms with Crippen LogP contribution < -0.4 is 10.1 Å². The molecule has 6 nitrogen and oxygen atoms in total. The third-order valence-electron chi connectivity index (χ3n) is 4.57. The number of ether oxygens (including phenoxy) is 2. The fourth-order valence-corrected chi connectivity index (χ4v) is 3.55. The number of benzene rings is 1. The fourth-order valence-electron chi connectivity index (χ4n) is 3.22. The molecule has 0 aliphatic rings. The zero-order valence-electron chi connectivity index (χ0n) is 18.2. The second kappa shape index (κ2) is 9.94. The lowest BCUT2D eigenvalue weighted by atomic mass is 10.1. The lowest BCUT2D eigenvalue weighted by molar-refractivity contribution is 0.0598. The van der Waals surface area contributed by atoms with Gasteiger partial charge in [-0.25, -0.2) is 9.78 Å². The number of halogens is 1. The average molecular weight is 420 g/mol. The predicted molar refractivity (Wildman–Crippen MR) is 118 cm³/mol. The minimum Gasteiger partial charge on any atom is -0.465 e. The normalized spacial score (nSPS) is 12.0. The Labute approximate surface area is 178 Å². The molecule has 0 saturated carbocycles. The first kappa shape index (κ1) is 23.0. The third-order valence-corrected chi connectivity index (χ3v) is 4.78. The summed E-state index contributed by atoms with van der Waals surface area (Å²) in [5.41, 5.74) is 3.39. The van der Waals surface area contributed by atoms with E-state index in [2.05, 4.69) is 22.1 Å². The van der Waals surface area contributed by atoms with Gasteiger partial charge in [-0.2, -0.15) is 0 Å². The molecule has 0 bridgehead atoms. The maximum Gasteiger partial charge on any atom is 0.345 e. The summed E-state index contributed by atoms with van der Waals surface area (Å²) in [4.78, 5) is 19.3. The van der Waals surface area contributed by atoms with Crippen molar-refractivity contribution in [3.63, 3.8) is 0 Å². The lowest BCUT2D eigenvalue weighted by Crippen LogP contribution is -2.32. The van der Waals surface area contributed by atoms with Crippen LogP contribution in [-0.2, 0) is 4.74 Å². The van der Waals surface area contributed by atoms with Crippen LogP contribution in [0.4, 0.5) is 5.69 Å². The largest absolute Gasteiger partial charge is 0.465 e. The van der Waals surface area contributed by atoms with Crippen molar-refractivity contribution < 1.29 is 14.3 Å². The van der Waals surface area contributed by atoms with Crippen LogP contribution in [0.3, 0.4) is 0 Å². The van der Waals surface area contributed by atoms with Crippen molar-refractivity contribution >= 4 is 23.3 Å². The number of carbonyl (C=O) groups is 1. The molecule has 0 amide bonds. The SMILES string of the molecule is CCC(CN(C)C)Nc1cc(C)nc(Oc2c(C)cc(Cl)cc2C)c1C(=O)OC. The number of hydrogen-bond acceptors (Lipinski definition) is 6. The van der Waals surface area contributed by atoms with Crippen molar-refractivity contribution in [2.75, 3.05) is 33.1 Å². The molecule has 29 heavy (non-hydrogen) atoms. The van der Waals surface area contributed by atoms with Crippen LogP contribution in [0.5, 0.6) is 11.6 Å². The number of methoxy groups -OCH3 is 1. The van der Waals surface area contributed by atoms with Gasteiger partial charge in [0.05, 0.1) is 12.8 Å². The number of rotatable bonds is 8. The van der Waals surface area contributed by atoms with Gasteiger partial charge in [-0.15, -0.1) is 0 Å². The number of aryl methyl sites for hydroxylation is 3. The molecular weight excluding hydrogens is 390 g/mol. The first-order valence-electron chi connectivity index (χ1n) is 9.62. The van der Waals surface area contributed by atoms with E-state index in [1.165, 1.54) is 7.11 Å². The summed E-state index contributed by atoms with van der Waals surface area (Å²) in [7, 11) is 5.39. The number of aromatic nitrogens is 1. The van der Waals surface area contributed by atoms with Gasteiger partial charge in [0.15, 0.2) is 0 Å². The van der Waals surface area contributed by atoms with Crippen LogP contribution in [-0.4, -0.2) is 49.6 Å². The topological polar surface area (TPSA) is 63.7 Å². The second-order valence-corrected chi connectivity index (χ2v) is 7.90. The fraction of sp³-hybridized carbons (Fsp3) is 0.455. The number of pyridine rings is 1. The molecule has 1 N–H and O–H groups in total. The molecule has 2 aromatic rings. The molecule has 0 radical (unpaired) electrons. The van der Waals surface area contributed by atoms with Gasteiger partial charge in [-0.1, -0.05) is 18.5 Å². The summed E-state index contributed by atoms with van der Waals surface area (Å²) in [6.07, 6.45) is 0.895. The summed E-state index contributed by atoms with van der Waals surface area (Å²) >= 11 is 6.14. The van der Waals surface area contributed by atoms with Crippen LogP contribution in [0, 0.1) is 20.8 Å². The molecular formula is C22H30ClN3O3. The van der Waals surface area contributed by atoms with E-state index in [1.807, 2.05) is 53.1 Å². The Morgan fingerprint density at radius 2 is 1.83 bits per heavy atom. The maximum absolute atomic E-state index is 12.7. The molecule has 0 fully saturated rings. The molecule has 1 aromatic carbocycles. The van der Waals surface area contributed by atoms with Crippen LogP contribution in [0.15, 0.2) is 18.2 Å². The van der Waals surface area contributed by atoms with E-state index >= 15 is 0 Å². The van der Waals surface area contributed by atoms with Crippen LogP contribution >= 0.6 is 11.6 Å². The highest BCUT2D eigenvalue weighted by Gasteiger charge is 2.24. The number of anilines is 1. The standard InChI is InChI=1S/C22H30ClN3O3/c1-8-17(12-26(5)6)25-18-11-15(4)24-21(19(18)22(27)28-7)29-20-13(2)9-16(23)10-14(20)3/h9-11,17H,8,12H2,1-7H3,(H,24,25).